The molecule has 5 rings (SSSR count). The Kier molecular flexibility index (Phi) is 8.17. The zero-order chi connectivity index (χ0) is 24.9. The molecule has 3 aromatic carbocycles. The van der Waals surface area contributed by atoms with Gasteiger partial charge in [0.15, 0.2) is 0 Å². The fourth-order valence-corrected chi connectivity index (χ4v) is 6.04. The third-order valence-corrected chi connectivity index (χ3v) is 8.19. The van der Waals surface area contributed by atoms with E-state index in [1.165, 1.54) is 20.9 Å². The monoisotopic (exact) mass is 520 g/mol. The highest BCUT2D eigenvalue weighted by Crippen LogP contribution is 2.43. The van der Waals surface area contributed by atoms with Crippen molar-refractivity contribution in [2.45, 2.75) is 22.3 Å². The van der Waals surface area contributed by atoms with Crippen LogP contribution in [0.25, 0.3) is 0 Å². The molecule has 0 aromatic heterocycles. The summed E-state index contributed by atoms with van der Waals surface area (Å²) in [7, 11) is 4.10. The summed E-state index contributed by atoms with van der Waals surface area (Å²) < 4.78 is 6.00. The molecule has 0 aliphatic carbocycles. The van der Waals surface area contributed by atoms with E-state index >= 15 is 0 Å². The summed E-state index contributed by atoms with van der Waals surface area (Å²) in [5, 5.41) is 7.79. The number of hydrogen-bond acceptors (Lipinski definition) is 6. The van der Waals surface area contributed by atoms with Crippen LogP contribution in [0.1, 0.15) is 22.7 Å². The van der Waals surface area contributed by atoms with Crippen molar-refractivity contribution in [3.05, 3.63) is 88.4 Å². The van der Waals surface area contributed by atoms with E-state index in [9.17, 15) is 0 Å². The van der Waals surface area contributed by atoms with E-state index in [1.54, 1.807) is 0 Å². The van der Waals surface area contributed by atoms with Gasteiger partial charge in [0.1, 0.15) is 12.4 Å². The fraction of sp³-hybridized carbons (Fsp3) is 0.345. The number of rotatable bonds is 7. The van der Waals surface area contributed by atoms with Crippen LogP contribution in [0.4, 0.5) is 0 Å². The highest BCUT2D eigenvalue weighted by molar-refractivity contribution is 7.99. The highest BCUT2D eigenvalue weighted by atomic mass is 35.5. The van der Waals surface area contributed by atoms with Gasteiger partial charge in [-0.3, -0.25) is 9.91 Å². The summed E-state index contributed by atoms with van der Waals surface area (Å²) >= 11 is 8.32. The number of ether oxygens (including phenoxy) is 1. The predicted molar refractivity (Wildman–Crippen MR) is 150 cm³/mol. The Balaban J connectivity index is 1.27. The third-order valence-electron chi connectivity index (χ3n) is 6.74. The maximum absolute atomic E-state index is 6.46. The Hall–Kier alpha value is -2.51. The number of benzene rings is 3. The van der Waals surface area contributed by atoms with Crippen molar-refractivity contribution in [1.29, 1.82) is 0 Å². The Morgan fingerprint density at radius 3 is 2.61 bits per heavy atom. The van der Waals surface area contributed by atoms with Crippen LogP contribution >= 0.6 is 23.4 Å². The molecule has 3 aromatic rings. The topological polar surface area (TPSA) is 31.3 Å². The minimum absolute atomic E-state index is 0.312. The second kappa shape index (κ2) is 11.7. The SMILES string of the molecule is CN(C)CCOc1ccccc1C=NN1CCN([C@@H]2Cc3ccccc3Sc3ccc(Cl)cc32)CC1. The minimum atomic E-state index is 0.312. The van der Waals surface area contributed by atoms with Crippen LogP contribution in [-0.2, 0) is 6.42 Å². The van der Waals surface area contributed by atoms with Gasteiger partial charge in [-0.25, -0.2) is 0 Å². The quantitative estimate of drug-likeness (QED) is 0.374. The van der Waals surface area contributed by atoms with E-state index < -0.39 is 0 Å². The molecule has 2 heterocycles. The standard InChI is InChI=1S/C29H33ClN4OS/c1-32(2)17-18-35-27-9-5-3-8-23(27)21-31-34-15-13-33(14-16-34)26-19-22-7-4-6-10-28(22)36-29-12-11-24(30)20-25(26)29/h3-12,20-21,26H,13-19H2,1-2H3/t26-/m1/s1. The van der Waals surface area contributed by atoms with Crippen molar-refractivity contribution in [3.8, 4) is 5.75 Å². The van der Waals surface area contributed by atoms with Crippen LogP contribution in [0.3, 0.4) is 0 Å². The summed E-state index contributed by atoms with van der Waals surface area (Å²) in [6, 6.07) is 23.5. The molecular formula is C29H33ClN4OS. The molecule has 7 heteroatoms. The largest absolute Gasteiger partial charge is 0.492 e. The third kappa shape index (κ3) is 6.06. The van der Waals surface area contributed by atoms with Gasteiger partial charge in [0.2, 0.25) is 0 Å². The number of hydrazone groups is 1. The van der Waals surface area contributed by atoms with Gasteiger partial charge >= 0.3 is 0 Å². The first-order valence-corrected chi connectivity index (χ1v) is 13.7. The van der Waals surface area contributed by atoms with Crippen LogP contribution in [0.2, 0.25) is 5.02 Å². The van der Waals surface area contributed by atoms with Crippen molar-refractivity contribution in [3.63, 3.8) is 0 Å². The van der Waals surface area contributed by atoms with Gasteiger partial charge in [-0.1, -0.05) is 53.7 Å². The van der Waals surface area contributed by atoms with E-state index in [2.05, 4.69) is 71.4 Å². The van der Waals surface area contributed by atoms with Crippen LogP contribution in [0, 0.1) is 0 Å². The predicted octanol–water partition coefficient (Wildman–Crippen LogP) is 5.68. The highest BCUT2D eigenvalue weighted by Gasteiger charge is 2.30. The molecular weight excluding hydrogens is 488 g/mol. The molecule has 1 saturated heterocycles. The molecule has 2 aliphatic rings. The molecule has 0 bridgehead atoms. The molecule has 0 spiro atoms. The molecule has 0 radical (unpaired) electrons. The van der Waals surface area contributed by atoms with Gasteiger partial charge < -0.3 is 9.64 Å². The van der Waals surface area contributed by atoms with Gasteiger partial charge in [0, 0.05) is 59.1 Å². The van der Waals surface area contributed by atoms with Crippen LogP contribution < -0.4 is 4.74 Å². The molecule has 1 fully saturated rings. The lowest BCUT2D eigenvalue weighted by atomic mass is 9.97. The summed E-state index contributed by atoms with van der Waals surface area (Å²) in [4.78, 5) is 7.37. The lowest BCUT2D eigenvalue weighted by molar-refractivity contribution is 0.0970. The molecule has 5 nitrogen and oxygen atoms in total. The molecule has 36 heavy (non-hydrogen) atoms. The summed E-state index contributed by atoms with van der Waals surface area (Å²) in [5.41, 5.74) is 3.76. The zero-order valence-corrected chi connectivity index (χ0v) is 22.5. The number of nitrogens with zero attached hydrogens (tertiary/aromatic N) is 4. The summed E-state index contributed by atoms with van der Waals surface area (Å²) in [6.45, 7) is 5.24. The lowest BCUT2D eigenvalue weighted by Crippen LogP contribution is -2.46. The van der Waals surface area contributed by atoms with Gasteiger partial charge in [-0.2, -0.15) is 5.10 Å². The Labute approximate surface area is 223 Å². The van der Waals surface area contributed by atoms with Gasteiger partial charge in [0.25, 0.3) is 0 Å². The normalized spacial score (nSPS) is 18.2. The van der Waals surface area contributed by atoms with Crippen molar-refractivity contribution in [2.75, 3.05) is 53.4 Å². The Morgan fingerprint density at radius 2 is 1.78 bits per heavy atom. The van der Waals surface area contributed by atoms with Crippen LogP contribution in [0.5, 0.6) is 5.75 Å². The zero-order valence-electron chi connectivity index (χ0n) is 20.9. The maximum atomic E-state index is 6.46. The van der Waals surface area contributed by atoms with E-state index in [4.69, 9.17) is 21.4 Å². The van der Waals surface area contributed by atoms with Crippen molar-refractivity contribution >= 4 is 29.6 Å². The van der Waals surface area contributed by atoms with Crippen molar-refractivity contribution < 1.29 is 4.74 Å². The number of hydrogen-bond donors (Lipinski definition) is 0. The minimum Gasteiger partial charge on any atom is -0.492 e. The fourth-order valence-electron chi connectivity index (χ4n) is 4.75. The first kappa shape index (κ1) is 25.2. The second-order valence-electron chi connectivity index (χ2n) is 9.54. The molecule has 0 saturated carbocycles. The van der Waals surface area contributed by atoms with Crippen molar-refractivity contribution in [1.82, 2.24) is 14.8 Å². The maximum Gasteiger partial charge on any atom is 0.128 e. The van der Waals surface area contributed by atoms with Gasteiger partial charge in [-0.05, 0) is 68.0 Å². The molecule has 1 atom stereocenters. The van der Waals surface area contributed by atoms with Crippen molar-refractivity contribution in [2.24, 2.45) is 5.10 Å². The van der Waals surface area contributed by atoms with E-state index in [0.29, 0.717) is 12.6 Å². The molecule has 0 unspecified atom stereocenters. The molecule has 0 N–H and O–H groups in total. The van der Waals surface area contributed by atoms with E-state index in [0.717, 1.165) is 55.5 Å². The number of halogens is 1. The average molecular weight is 521 g/mol. The second-order valence-corrected chi connectivity index (χ2v) is 11.1. The molecule has 2 aliphatic heterocycles. The first-order chi connectivity index (χ1) is 17.6. The molecule has 188 valence electrons. The van der Waals surface area contributed by atoms with Crippen LogP contribution in [-0.4, -0.2) is 74.4 Å². The number of fused-ring (bicyclic) bond motifs is 2. The number of likely N-dealkylation sites (N-methyl/N-ethyl adjacent to an activating group) is 1. The summed E-state index contributed by atoms with van der Waals surface area (Å²) in [5.74, 6) is 0.879. The lowest BCUT2D eigenvalue weighted by Gasteiger charge is -2.38. The first-order valence-electron chi connectivity index (χ1n) is 12.5. The number of para-hydroxylation sites is 1. The average Bonchev–Trinajstić information content (AvgIpc) is 3.05. The van der Waals surface area contributed by atoms with Crippen LogP contribution in [0.15, 0.2) is 81.6 Å². The van der Waals surface area contributed by atoms with Gasteiger partial charge in [0.05, 0.1) is 6.21 Å². The van der Waals surface area contributed by atoms with Gasteiger partial charge in [-0.15, -0.1) is 0 Å². The Bertz CT molecular complexity index is 1210. The van der Waals surface area contributed by atoms with E-state index in [1.807, 2.05) is 42.2 Å². The van der Waals surface area contributed by atoms with E-state index in [-0.39, 0.29) is 0 Å². The smallest absolute Gasteiger partial charge is 0.128 e. The summed E-state index contributed by atoms with van der Waals surface area (Å²) in [6.07, 6.45) is 2.94. The molecule has 0 amide bonds. The number of piperazine rings is 1. The Morgan fingerprint density at radius 1 is 1.00 bits per heavy atom.